The van der Waals surface area contributed by atoms with Crippen molar-refractivity contribution in [2.24, 2.45) is 46.3 Å². The van der Waals surface area contributed by atoms with Gasteiger partial charge in [0.2, 0.25) is 0 Å². The number of carbonyl (C=O) groups is 1. The van der Waals surface area contributed by atoms with Crippen molar-refractivity contribution >= 4 is 12.0 Å². The first-order chi connectivity index (χ1) is 18.6. The number of benzene rings is 1. The summed E-state index contributed by atoms with van der Waals surface area (Å²) in [5.74, 6) is 4.07. The fourth-order valence-electron chi connectivity index (χ4n) is 9.78. The number of aliphatic hydroxyl groups excluding tert-OH is 1. The normalized spacial score (nSPS) is 38.6. The monoisotopic (exact) mass is 532 g/mol. The van der Waals surface area contributed by atoms with Crippen LogP contribution in [0.2, 0.25) is 0 Å². The second-order valence-corrected chi connectivity index (χ2v) is 14.4. The summed E-state index contributed by atoms with van der Waals surface area (Å²) in [7, 11) is 0. The maximum atomic E-state index is 13.0. The number of esters is 1. The minimum absolute atomic E-state index is 0.180. The highest BCUT2D eigenvalue weighted by atomic mass is 16.5. The summed E-state index contributed by atoms with van der Waals surface area (Å²) in [4.78, 5) is 13.0. The third-order valence-electron chi connectivity index (χ3n) is 11.8. The van der Waals surface area contributed by atoms with Crippen molar-refractivity contribution in [1.29, 1.82) is 0 Å². The van der Waals surface area contributed by atoms with Crippen LogP contribution in [0.5, 0.6) is 0 Å². The van der Waals surface area contributed by atoms with E-state index in [-0.39, 0.29) is 17.5 Å². The molecule has 39 heavy (non-hydrogen) atoms. The summed E-state index contributed by atoms with van der Waals surface area (Å²) in [6.07, 6.45) is 16.8. The Morgan fingerprint density at radius 1 is 1.08 bits per heavy atom. The van der Waals surface area contributed by atoms with E-state index >= 15 is 0 Å². The van der Waals surface area contributed by atoms with Crippen LogP contribution in [0, 0.1) is 46.3 Å². The molecule has 4 aliphatic rings. The van der Waals surface area contributed by atoms with Gasteiger partial charge in [-0.05, 0) is 91.1 Å². The molecule has 4 aliphatic carbocycles. The highest BCUT2D eigenvalue weighted by Gasteiger charge is 2.61. The minimum atomic E-state index is -0.437. The van der Waals surface area contributed by atoms with Crippen LogP contribution in [0.3, 0.4) is 0 Å². The number of carbonyl (C=O) groups excluding carboxylic acids is 1. The zero-order chi connectivity index (χ0) is 27.8. The molecule has 0 amide bonds. The summed E-state index contributed by atoms with van der Waals surface area (Å²) in [5, 5.41) is 10.8. The molecule has 3 saturated carbocycles. The third-order valence-corrected chi connectivity index (χ3v) is 11.8. The second-order valence-electron chi connectivity index (χ2n) is 14.4. The first-order valence-corrected chi connectivity index (χ1v) is 15.9. The smallest absolute Gasteiger partial charge is 0.331 e. The quantitative estimate of drug-likeness (QED) is 0.207. The molecular weight excluding hydrogens is 480 g/mol. The zero-order valence-electron chi connectivity index (χ0n) is 25.1. The Labute approximate surface area is 237 Å². The van der Waals surface area contributed by atoms with E-state index in [2.05, 4.69) is 40.7 Å². The van der Waals surface area contributed by atoms with E-state index in [0.29, 0.717) is 23.7 Å². The summed E-state index contributed by atoms with van der Waals surface area (Å²) >= 11 is 0. The Bertz CT molecular complexity index is 1060. The van der Waals surface area contributed by atoms with Gasteiger partial charge in [0.15, 0.2) is 0 Å². The maximum absolute atomic E-state index is 13.0. The van der Waals surface area contributed by atoms with Crippen LogP contribution in [-0.2, 0) is 9.53 Å². The Balaban J connectivity index is 1.33. The fraction of sp³-hybridized carbons (Fsp3) is 0.694. The van der Waals surface area contributed by atoms with E-state index in [4.69, 9.17) is 4.74 Å². The second kappa shape index (κ2) is 11.6. The van der Waals surface area contributed by atoms with Crippen LogP contribution in [-0.4, -0.2) is 23.3 Å². The van der Waals surface area contributed by atoms with Crippen LogP contribution >= 0.6 is 0 Å². The molecule has 0 aliphatic heterocycles. The average molecular weight is 533 g/mol. The first-order valence-electron chi connectivity index (χ1n) is 15.9. The van der Waals surface area contributed by atoms with E-state index in [1.807, 2.05) is 36.4 Å². The van der Waals surface area contributed by atoms with E-state index in [1.165, 1.54) is 50.5 Å². The van der Waals surface area contributed by atoms with Gasteiger partial charge in [0.05, 0.1) is 6.10 Å². The van der Waals surface area contributed by atoms with Crippen LogP contribution < -0.4 is 0 Å². The van der Waals surface area contributed by atoms with Gasteiger partial charge >= 0.3 is 5.97 Å². The summed E-state index contributed by atoms with van der Waals surface area (Å²) < 4.78 is 6.24. The molecule has 1 unspecified atom stereocenters. The van der Waals surface area contributed by atoms with Gasteiger partial charge < -0.3 is 9.84 Å². The maximum Gasteiger partial charge on any atom is 0.331 e. The molecule has 0 saturated heterocycles. The molecule has 9 atom stereocenters. The van der Waals surface area contributed by atoms with Gasteiger partial charge in [0, 0.05) is 17.9 Å². The number of allylic oxidation sites excluding steroid dienone is 1. The van der Waals surface area contributed by atoms with Crippen molar-refractivity contribution in [3.63, 3.8) is 0 Å². The fourth-order valence-corrected chi connectivity index (χ4v) is 9.78. The molecule has 1 aromatic carbocycles. The molecule has 0 radical (unpaired) electrons. The van der Waals surface area contributed by atoms with Crippen molar-refractivity contribution in [3.05, 3.63) is 53.6 Å². The van der Waals surface area contributed by atoms with Gasteiger partial charge in [0.1, 0.15) is 6.10 Å². The molecule has 0 aromatic heterocycles. The predicted molar refractivity (Wildman–Crippen MR) is 160 cm³/mol. The summed E-state index contributed by atoms with van der Waals surface area (Å²) in [6.45, 7) is 12.2. The molecule has 3 heteroatoms. The minimum Gasteiger partial charge on any atom is -0.458 e. The van der Waals surface area contributed by atoms with Gasteiger partial charge in [-0.25, -0.2) is 4.79 Å². The highest BCUT2D eigenvalue weighted by Crippen LogP contribution is 2.67. The Kier molecular flexibility index (Phi) is 8.49. The predicted octanol–water partition coefficient (Wildman–Crippen LogP) is 8.62. The lowest BCUT2D eigenvalue weighted by atomic mass is 9.46. The zero-order valence-corrected chi connectivity index (χ0v) is 25.1. The lowest BCUT2D eigenvalue weighted by Crippen LogP contribution is -2.56. The van der Waals surface area contributed by atoms with Crippen molar-refractivity contribution in [1.82, 2.24) is 0 Å². The number of aliphatic hydroxyl groups is 1. The average Bonchev–Trinajstić information content (AvgIpc) is 3.26. The van der Waals surface area contributed by atoms with Crippen molar-refractivity contribution in [3.8, 4) is 0 Å². The van der Waals surface area contributed by atoms with Gasteiger partial charge in [-0.3, -0.25) is 0 Å². The number of ether oxygens (including phenoxy) is 1. The van der Waals surface area contributed by atoms with Crippen LogP contribution in [0.1, 0.15) is 104 Å². The first kappa shape index (κ1) is 28.7. The molecule has 1 aromatic rings. The summed E-state index contributed by atoms with van der Waals surface area (Å²) in [6, 6.07) is 9.89. The van der Waals surface area contributed by atoms with E-state index < -0.39 is 6.10 Å². The van der Waals surface area contributed by atoms with Gasteiger partial charge in [0.25, 0.3) is 0 Å². The van der Waals surface area contributed by atoms with E-state index in [9.17, 15) is 9.90 Å². The highest BCUT2D eigenvalue weighted by molar-refractivity contribution is 5.87. The number of fused-ring (bicyclic) bond motifs is 5. The number of rotatable bonds is 8. The molecule has 1 N–H and O–H groups in total. The standard InChI is InChI=1S/C36H52O3/c1-24(2)10-9-11-25(3)30-17-18-31-29-16-15-27-22-28(37)23-33(36(27,5)32(29)20-21-35(30,31)4)39-34(38)19-14-26-12-7-6-8-13-26/h6-8,12-15,19,24-25,28-33,37H,9-11,16-18,20-23H2,1-5H3/t25-,28-,29+,30-,31+,32+,33?,35-,36+/m1/s1. The van der Waals surface area contributed by atoms with Gasteiger partial charge in [-0.15, -0.1) is 0 Å². The molecular formula is C36H52O3. The SMILES string of the molecule is CC(C)CCC[C@@H](C)[C@H]1CC[C@H]2[C@@H]3CC=C4C[C@@H](O)CC(OC(=O)C=Cc5ccccc5)[C@]4(C)[C@H]3CC[C@]12C. The number of hydrogen-bond acceptors (Lipinski definition) is 3. The Morgan fingerprint density at radius 2 is 1.85 bits per heavy atom. The summed E-state index contributed by atoms with van der Waals surface area (Å²) in [5.41, 5.74) is 2.58. The van der Waals surface area contributed by atoms with Crippen molar-refractivity contribution in [2.45, 2.75) is 111 Å². The Morgan fingerprint density at radius 3 is 2.59 bits per heavy atom. The molecule has 5 rings (SSSR count). The Hall–Kier alpha value is -1.87. The molecule has 0 heterocycles. The molecule has 3 fully saturated rings. The van der Waals surface area contributed by atoms with E-state index in [0.717, 1.165) is 42.1 Å². The lowest BCUT2D eigenvalue weighted by molar-refractivity contribution is -0.163. The lowest BCUT2D eigenvalue weighted by Gasteiger charge is -2.60. The van der Waals surface area contributed by atoms with E-state index in [1.54, 1.807) is 6.08 Å². The van der Waals surface area contributed by atoms with Gasteiger partial charge in [-0.1, -0.05) is 95.9 Å². The largest absolute Gasteiger partial charge is 0.458 e. The number of hydrogen-bond donors (Lipinski definition) is 1. The molecule has 214 valence electrons. The van der Waals surface area contributed by atoms with Gasteiger partial charge in [-0.2, -0.15) is 0 Å². The third kappa shape index (κ3) is 5.54. The van der Waals surface area contributed by atoms with Crippen molar-refractivity contribution < 1.29 is 14.6 Å². The van der Waals surface area contributed by atoms with Crippen LogP contribution in [0.25, 0.3) is 6.08 Å². The molecule has 0 spiro atoms. The molecule has 0 bridgehead atoms. The molecule has 3 nitrogen and oxygen atoms in total. The van der Waals surface area contributed by atoms with Crippen LogP contribution in [0.4, 0.5) is 0 Å². The van der Waals surface area contributed by atoms with Crippen LogP contribution in [0.15, 0.2) is 48.1 Å². The topological polar surface area (TPSA) is 46.5 Å². The van der Waals surface area contributed by atoms with Crippen molar-refractivity contribution in [2.75, 3.05) is 0 Å².